The van der Waals surface area contributed by atoms with E-state index in [1.807, 2.05) is 0 Å². The van der Waals surface area contributed by atoms with Crippen molar-refractivity contribution in [1.29, 1.82) is 0 Å². The molecule has 3 aliphatic carbocycles. The summed E-state index contributed by atoms with van der Waals surface area (Å²) < 4.78 is 0. The number of rotatable bonds is 4. The van der Waals surface area contributed by atoms with Crippen LogP contribution < -0.4 is 4.90 Å². The van der Waals surface area contributed by atoms with Crippen LogP contribution in [0.4, 0.5) is 5.69 Å². The van der Waals surface area contributed by atoms with Gasteiger partial charge in [0.2, 0.25) is 5.78 Å². The van der Waals surface area contributed by atoms with Gasteiger partial charge >= 0.3 is 0 Å². The lowest BCUT2D eigenvalue weighted by atomic mass is 9.57. The van der Waals surface area contributed by atoms with Crippen molar-refractivity contribution in [3.05, 3.63) is 39.7 Å². The fourth-order valence-electron chi connectivity index (χ4n) is 6.06. The number of fused-ring (bicyclic) bond motifs is 3. The van der Waals surface area contributed by atoms with Crippen LogP contribution in [0.5, 0.6) is 5.75 Å². The van der Waals surface area contributed by atoms with Gasteiger partial charge in [0, 0.05) is 31.3 Å². The highest BCUT2D eigenvalue weighted by molar-refractivity contribution is 6.25. The Bertz CT molecular complexity index is 1310. The second-order valence-corrected chi connectivity index (χ2v) is 10.2. The predicted octanol–water partition coefficient (Wildman–Crippen LogP) is 1.34. The molecular weight excluding hydrogens is 468 g/mol. The quantitative estimate of drug-likeness (QED) is 0.353. The first-order chi connectivity index (χ1) is 16.7. The van der Waals surface area contributed by atoms with Crippen LogP contribution in [0.15, 0.2) is 23.0 Å². The number of ketones is 4. The number of carbonyl (C=O) groups is 4. The number of likely N-dealkylation sites (N-methyl/N-ethyl adjacent to an activating group) is 1. The van der Waals surface area contributed by atoms with Crippen LogP contribution in [-0.4, -0.2) is 88.3 Å². The zero-order valence-electron chi connectivity index (χ0n) is 21.0. The summed E-state index contributed by atoms with van der Waals surface area (Å²) in [6.07, 6.45) is 0.206. The Labute approximate surface area is 208 Å². The zero-order chi connectivity index (χ0) is 27.0. The van der Waals surface area contributed by atoms with Crippen molar-refractivity contribution in [3.8, 4) is 5.75 Å². The van der Waals surface area contributed by atoms with E-state index >= 15 is 0 Å². The van der Waals surface area contributed by atoms with Crippen LogP contribution in [0, 0.1) is 11.8 Å². The van der Waals surface area contributed by atoms with E-state index in [-0.39, 0.29) is 29.5 Å². The Morgan fingerprint density at radius 1 is 1.03 bits per heavy atom. The van der Waals surface area contributed by atoms with Crippen molar-refractivity contribution in [2.45, 2.75) is 38.3 Å². The number of aliphatic hydroxyl groups is 3. The maximum absolute atomic E-state index is 13.9. The zero-order valence-corrected chi connectivity index (χ0v) is 21.0. The molecule has 4 atom stereocenters. The molecular formula is C26H30N2O8. The predicted molar refractivity (Wildman–Crippen MR) is 130 cm³/mol. The van der Waals surface area contributed by atoms with Crippen LogP contribution in [0.25, 0.3) is 5.76 Å². The Hall–Kier alpha value is -3.50. The molecule has 0 heterocycles. The molecule has 36 heavy (non-hydrogen) atoms. The minimum Gasteiger partial charge on any atom is -0.508 e. The van der Waals surface area contributed by atoms with Gasteiger partial charge in [-0.05, 0) is 58.3 Å². The number of hydrogen-bond acceptors (Lipinski definition) is 10. The van der Waals surface area contributed by atoms with Crippen molar-refractivity contribution >= 4 is 34.6 Å². The maximum Gasteiger partial charge on any atom is 0.202 e. The van der Waals surface area contributed by atoms with Crippen LogP contribution in [0.1, 0.15) is 41.8 Å². The van der Waals surface area contributed by atoms with Crippen LogP contribution in [0.2, 0.25) is 0 Å². The van der Waals surface area contributed by atoms with E-state index in [1.54, 1.807) is 33.1 Å². The molecule has 0 aliphatic heterocycles. The summed E-state index contributed by atoms with van der Waals surface area (Å²) >= 11 is 0. The highest BCUT2D eigenvalue weighted by Gasteiger charge is 2.64. The van der Waals surface area contributed by atoms with Gasteiger partial charge in [-0.1, -0.05) is 0 Å². The molecule has 0 amide bonds. The Morgan fingerprint density at radius 2 is 1.64 bits per heavy atom. The number of benzene rings is 1. The number of carbonyl (C=O) groups excluding carboxylic acids is 4. The molecule has 192 valence electrons. The highest BCUT2D eigenvalue weighted by atomic mass is 16.3. The molecule has 0 radical (unpaired) electrons. The first kappa shape index (κ1) is 25.6. The Kier molecular flexibility index (Phi) is 5.88. The van der Waals surface area contributed by atoms with E-state index in [9.17, 15) is 39.6 Å². The van der Waals surface area contributed by atoms with E-state index in [0.717, 1.165) is 6.92 Å². The van der Waals surface area contributed by atoms with Crippen molar-refractivity contribution in [2.24, 2.45) is 11.8 Å². The second kappa shape index (κ2) is 8.28. The normalized spacial score (nSPS) is 27.6. The molecule has 0 unspecified atom stereocenters. The average molecular weight is 499 g/mol. The van der Waals surface area contributed by atoms with Crippen molar-refractivity contribution in [1.82, 2.24) is 4.90 Å². The highest BCUT2D eigenvalue weighted by Crippen LogP contribution is 2.54. The molecule has 1 aromatic carbocycles. The number of Topliss-reactive ketones (excluding diaryl/α,β-unsaturated/α-hetero) is 4. The van der Waals surface area contributed by atoms with E-state index in [0.29, 0.717) is 11.3 Å². The van der Waals surface area contributed by atoms with E-state index < -0.39 is 69.5 Å². The summed E-state index contributed by atoms with van der Waals surface area (Å²) in [5.41, 5.74) is -2.54. The van der Waals surface area contributed by atoms with Crippen LogP contribution in [-0.2, 0) is 20.8 Å². The van der Waals surface area contributed by atoms with Crippen molar-refractivity contribution in [3.63, 3.8) is 0 Å². The number of nitrogens with zero attached hydrogens (tertiary/aromatic N) is 2. The topological polar surface area (TPSA) is 156 Å². The molecule has 1 saturated carbocycles. The van der Waals surface area contributed by atoms with Gasteiger partial charge in [0.05, 0.1) is 17.2 Å². The molecule has 4 N–H and O–H groups in total. The summed E-state index contributed by atoms with van der Waals surface area (Å²) in [7, 11) is 6.65. The number of hydrogen-bond donors (Lipinski definition) is 4. The third kappa shape index (κ3) is 3.24. The molecule has 0 bridgehead atoms. The third-order valence-corrected chi connectivity index (χ3v) is 7.66. The minimum absolute atomic E-state index is 0.0347. The maximum atomic E-state index is 13.9. The second-order valence-electron chi connectivity index (χ2n) is 10.2. The molecule has 10 nitrogen and oxygen atoms in total. The van der Waals surface area contributed by atoms with Crippen molar-refractivity contribution in [2.75, 3.05) is 33.1 Å². The number of phenolic OH excluding ortho intramolecular Hbond substituents is 1. The lowest BCUT2D eigenvalue weighted by Gasteiger charge is -2.50. The number of phenols is 1. The first-order valence-corrected chi connectivity index (χ1v) is 11.6. The summed E-state index contributed by atoms with van der Waals surface area (Å²) in [6.45, 7) is 2.33. The first-order valence-electron chi connectivity index (χ1n) is 11.6. The number of anilines is 1. The van der Waals surface area contributed by atoms with Crippen molar-refractivity contribution < 1.29 is 39.6 Å². The Balaban J connectivity index is 2.03. The molecule has 10 heteroatoms. The van der Waals surface area contributed by atoms with Gasteiger partial charge in [-0.15, -0.1) is 0 Å². The van der Waals surface area contributed by atoms with Gasteiger partial charge in [0.15, 0.2) is 23.0 Å². The molecule has 1 fully saturated rings. The fraction of sp³-hybridized carbons (Fsp3) is 0.462. The summed E-state index contributed by atoms with van der Waals surface area (Å²) in [4.78, 5) is 54.8. The Morgan fingerprint density at radius 3 is 2.14 bits per heavy atom. The molecule has 1 aromatic rings. The lowest BCUT2D eigenvalue weighted by molar-refractivity contribution is -0.153. The SMILES string of the molecule is CC(=O)C1=C(O)[C@@]2(O)C(=O)C3=C(O)c4c(O)c(C(C)=O)cc(N(C)C)c4C[C@H]3C[C@H]2[C@H](N(C)C)C1=O. The molecule has 0 spiro atoms. The smallest absolute Gasteiger partial charge is 0.202 e. The van der Waals surface area contributed by atoms with Gasteiger partial charge in [-0.3, -0.25) is 24.1 Å². The lowest BCUT2D eigenvalue weighted by Crippen LogP contribution is -2.65. The number of aliphatic hydroxyl groups excluding tert-OH is 2. The molecule has 0 saturated heterocycles. The monoisotopic (exact) mass is 498 g/mol. The van der Waals surface area contributed by atoms with E-state index in [2.05, 4.69) is 0 Å². The van der Waals surface area contributed by atoms with Crippen LogP contribution in [0.3, 0.4) is 0 Å². The van der Waals surface area contributed by atoms with Gasteiger partial charge in [-0.2, -0.15) is 0 Å². The largest absolute Gasteiger partial charge is 0.508 e. The van der Waals surface area contributed by atoms with E-state index in [1.165, 1.54) is 17.9 Å². The van der Waals surface area contributed by atoms with Gasteiger partial charge in [-0.25, -0.2) is 0 Å². The summed E-state index contributed by atoms with van der Waals surface area (Å²) in [5, 5.41) is 44.9. The van der Waals surface area contributed by atoms with Gasteiger partial charge in [0.25, 0.3) is 0 Å². The van der Waals surface area contributed by atoms with Gasteiger partial charge < -0.3 is 25.3 Å². The van der Waals surface area contributed by atoms with Gasteiger partial charge in [0.1, 0.15) is 22.8 Å². The van der Waals surface area contributed by atoms with Crippen LogP contribution >= 0.6 is 0 Å². The molecule has 4 rings (SSSR count). The number of aromatic hydroxyl groups is 1. The molecule has 3 aliphatic rings. The van der Waals surface area contributed by atoms with E-state index in [4.69, 9.17) is 0 Å². The average Bonchev–Trinajstić information content (AvgIpc) is 2.75. The molecule has 0 aromatic heterocycles. The minimum atomic E-state index is -2.63. The standard InChI is InChI=1S/C26H30N2O8/c1-10(29)13-9-16(27(3)4)14-7-12-8-15-20(28(5)6)23(33)17(11(2)30)24(34)26(15,36)25(35)18(12)22(32)19(14)21(13)31/h9,12,15,20,31-32,34,36H,7-8H2,1-6H3/t12-,15-,20-,26+/m0/s1. The summed E-state index contributed by atoms with van der Waals surface area (Å²) in [5.74, 6) is -6.81. The third-order valence-electron chi connectivity index (χ3n) is 7.66. The fourth-order valence-corrected chi connectivity index (χ4v) is 6.06. The summed E-state index contributed by atoms with van der Waals surface area (Å²) in [6, 6.07) is 0.455.